The molecule has 3 aromatic carbocycles. The normalized spacial score (nSPS) is 17.2. The summed E-state index contributed by atoms with van der Waals surface area (Å²) >= 11 is 7.93. The van der Waals surface area contributed by atoms with E-state index in [0.29, 0.717) is 35.7 Å². The van der Waals surface area contributed by atoms with E-state index in [1.165, 1.54) is 0 Å². The first-order valence-electron chi connectivity index (χ1n) is 12.8. The summed E-state index contributed by atoms with van der Waals surface area (Å²) in [7, 11) is 0. The van der Waals surface area contributed by atoms with Crippen LogP contribution in [0.2, 0.25) is 5.02 Å². The van der Waals surface area contributed by atoms with Crippen molar-refractivity contribution in [1.29, 1.82) is 0 Å². The zero-order valence-electron chi connectivity index (χ0n) is 21.7. The van der Waals surface area contributed by atoms with Crippen molar-refractivity contribution < 1.29 is 24.2 Å². The van der Waals surface area contributed by atoms with E-state index in [2.05, 4.69) is 0 Å². The maximum atomic E-state index is 13.8. The summed E-state index contributed by atoms with van der Waals surface area (Å²) < 4.78 is 5.14. The fraction of sp³-hybridized carbons (Fsp3) is 0.300. The molecule has 0 bridgehead atoms. The van der Waals surface area contributed by atoms with Gasteiger partial charge in [0.2, 0.25) is 5.91 Å². The molecule has 2 amide bonds. The molecule has 0 aromatic heterocycles. The molecular weight excluding hydrogens is 631 g/mol. The predicted octanol–water partition coefficient (Wildman–Crippen LogP) is 6.57. The third kappa shape index (κ3) is 6.55. The molecule has 1 heterocycles. The van der Waals surface area contributed by atoms with E-state index in [4.69, 9.17) is 21.4 Å². The van der Waals surface area contributed by atoms with Crippen LogP contribution in [0.5, 0.6) is 5.75 Å². The summed E-state index contributed by atoms with van der Waals surface area (Å²) in [5.74, 6) is -0.855. The van der Waals surface area contributed by atoms with Gasteiger partial charge in [0.15, 0.2) is 0 Å². The smallest absolute Gasteiger partial charge is 0.316 e. The number of amides is 2. The molecule has 1 aliphatic rings. The summed E-state index contributed by atoms with van der Waals surface area (Å²) in [6, 6.07) is 21.5. The number of benzene rings is 3. The second kappa shape index (κ2) is 12.8. The lowest BCUT2D eigenvalue weighted by molar-refractivity contribution is -0.136. The number of ether oxygens (including phenoxy) is 1. The number of anilines is 2. The van der Waals surface area contributed by atoms with Crippen LogP contribution in [0, 0.1) is 0 Å². The van der Waals surface area contributed by atoms with Gasteiger partial charge in [0, 0.05) is 41.0 Å². The first-order chi connectivity index (χ1) is 18.7. The molecular formula is C30H30ClIN2O5. The van der Waals surface area contributed by atoms with Gasteiger partial charge in [0.1, 0.15) is 9.67 Å². The molecule has 3 atom stereocenters. The minimum Gasteiger partial charge on any atom is -0.494 e. The number of rotatable bonds is 9. The van der Waals surface area contributed by atoms with Crippen molar-refractivity contribution in [1.82, 2.24) is 0 Å². The Morgan fingerprint density at radius 2 is 1.74 bits per heavy atom. The van der Waals surface area contributed by atoms with Crippen LogP contribution in [-0.4, -0.2) is 46.0 Å². The standard InChI is InChI=1S/C30H30ClIN2O5/c1-3-33(22-12-10-21(31)11-13-22)29(36)25-18-19(2)34(27-7-5-4-6-24(25)27)28(35)20-8-14-23(15-9-20)39-17-16-26(32)30(37)38/h4-15,19,25-26H,3,16-18H2,1-2H3,(H,37,38). The molecule has 0 spiro atoms. The van der Waals surface area contributed by atoms with E-state index >= 15 is 0 Å². The van der Waals surface area contributed by atoms with Gasteiger partial charge in [0.25, 0.3) is 5.91 Å². The second-order valence-electron chi connectivity index (χ2n) is 9.40. The van der Waals surface area contributed by atoms with Crippen molar-refractivity contribution in [2.75, 3.05) is 23.0 Å². The average molecular weight is 661 g/mol. The van der Waals surface area contributed by atoms with Gasteiger partial charge in [-0.05, 0) is 80.4 Å². The molecule has 1 aliphatic heterocycles. The van der Waals surface area contributed by atoms with Gasteiger partial charge in [-0.25, -0.2) is 0 Å². The Hall–Kier alpha value is -3.11. The van der Waals surface area contributed by atoms with Gasteiger partial charge in [-0.1, -0.05) is 52.4 Å². The number of carbonyl (C=O) groups is 3. The van der Waals surface area contributed by atoms with Gasteiger partial charge in [-0.15, -0.1) is 0 Å². The molecule has 204 valence electrons. The van der Waals surface area contributed by atoms with Gasteiger partial charge in [0.05, 0.1) is 12.5 Å². The monoisotopic (exact) mass is 660 g/mol. The molecule has 9 heteroatoms. The minimum atomic E-state index is -0.868. The Balaban J connectivity index is 1.54. The van der Waals surface area contributed by atoms with Crippen molar-refractivity contribution in [3.8, 4) is 5.75 Å². The summed E-state index contributed by atoms with van der Waals surface area (Å²) in [5.41, 5.74) is 2.85. The zero-order chi connectivity index (χ0) is 28.1. The van der Waals surface area contributed by atoms with Crippen molar-refractivity contribution >= 4 is 63.4 Å². The number of hydrogen-bond acceptors (Lipinski definition) is 4. The van der Waals surface area contributed by atoms with Crippen LogP contribution in [0.3, 0.4) is 0 Å². The topological polar surface area (TPSA) is 87.2 Å². The van der Waals surface area contributed by atoms with Crippen LogP contribution in [0.25, 0.3) is 0 Å². The highest BCUT2D eigenvalue weighted by Crippen LogP contribution is 2.41. The predicted molar refractivity (Wildman–Crippen MR) is 162 cm³/mol. The van der Waals surface area contributed by atoms with Crippen molar-refractivity contribution in [3.05, 3.63) is 88.9 Å². The van der Waals surface area contributed by atoms with Crippen LogP contribution in [0.1, 0.15) is 48.5 Å². The molecule has 0 fully saturated rings. The summed E-state index contributed by atoms with van der Waals surface area (Å²) in [4.78, 5) is 42.0. The fourth-order valence-corrected chi connectivity index (χ4v) is 5.25. The second-order valence-corrected chi connectivity index (χ2v) is 11.3. The Labute approximate surface area is 246 Å². The van der Waals surface area contributed by atoms with E-state index < -0.39 is 9.89 Å². The molecule has 0 radical (unpaired) electrons. The Morgan fingerprint density at radius 1 is 1.08 bits per heavy atom. The first kappa shape index (κ1) is 28.9. The molecule has 0 saturated heterocycles. The van der Waals surface area contributed by atoms with Crippen LogP contribution in [0.15, 0.2) is 72.8 Å². The zero-order valence-corrected chi connectivity index (χ0v) is 24.6. The molecule has 3 unspecified atom stereocenters. The van der Waals surface area contributed by atoms with E-state index in [-0.39, 0.29) is 30.4 Å². The lowest BCUT2D eigenvalue weighted by Crippen LogP contribution is -2.46. The summed E-state index contributed by atoms with van der Waals surface area (Å²) in [6.45, 7) is 4.69. The number of alkyl halides is 1. The minimum absolute atomic E-state index is 0.00985. The molecule has 1 N–H and O–H groups in total. The number of hydrogen-bond donors (Lipinski definition) is 1. The number of carboxylic acids is 1. The van der Waals surface area contributed by atoms with Crippen LogP contribution >= 0.6 is 34.2 Å². The Bertz CT molecular complexity index is 1330. The van der Waals surface area contributed by atoms with Gasteiger partial charge >= 0.3 is 5.97 Å². The van der Waals surface area contributed by atoms with E-state index in [9.17, 15) is 14.4 Å². The van der Waals surface area contributed by atoms with Crippen molar-refractivity contribution in [3.63, 3.8) is 0 Å². The maximum absolute atomic E-state index is 13.8. The third-order valence-corrected chi connectivity index (χ3v) is 8.24. The van der Waals surface area contributed by atoms with Crippen molar-refractivity contribution in [2.24, 2.45) is 0 Å². The highest BCUT2D eigenvalue weighted by Gasteiger charge is 2.38. The number of aliphatic carboxylic acids is 1. The van der Waals surface area contributed by atoms with E-state index in [1.54, 1.807) is 46.2 Å². The van der Waals surface area contributed by atoms with Crippen molar-refractivity contribution in [2.45, 2.75) is 42.6 Å². The number of nitrogens with zero attached hydrogens (tertiary/aromatic N) is 2. The highest BCUT2D eigenvalue weighted by atomic mass is 127. The number of likely N-dealkylation sites (N-methyl/N-ethyl adjacent to an activating group) is 1. The van der Waals surface area contributed by atoms with Gasteiger partial charge in [-0.3, -0.25) is 14.4 Å². The molecule has 39 heavy (non-hydrogen) atoms. The molecule has 0 saturated carbocycles. The Kier molecular flexibility index (Phi) is 9.50. The van der Waals surface area contributed by atoms with E-state index in [0.717, 1.165) is 16.9 Å². The van der Waals surface area contributed by atoms with Crippen LogP contribution < -0.4 is 14.5 Å². The number of para-hydroxylation sites is 1. The third-order valence-electron chi connectivity index (χ3n) is 6.84. The van der Waals surface area contributed by atoms with Gasteiger partial charge in [-0.2, -0.15) is 0 Å². The summed E-state index contributed by atoms with van der Waals surface area (Å²) in [6.07, 6.45) is 0.875. The number of carbonyl (C=O) groups excluding carboxylic acids is 2. The molecule has 4 rings (SSSR count). The number of halogens is 2. The lowest BCUT2D eigenvalue weighted by atomic mass is 9.84. The van der Waals surface area contributed by atoms with Crippen LogP contribution in [-0.2, 0) is 9.59 Å². The Morgan fingerprint density at radius 3 is 2.38 bits per heavy atom. The van der Waals surface area contributed by atoms with Crippen LogP contribution in [0.4, 0.5) is 11.4 Å². The molecule has 7 nitrogen and oxygen atoms in total. The number of fused-ring (bicyclic) bond motifs is 1. The highest BCUT2D eigenvalue weighted by molar-refractivity contribution is 14.1. The largest absolute Gasteiger partial charge is 0.494 e. The fourth-order valence-electron chi connectivity index (χ4n) is 4.87. The molecule has 3 aromatic rings. The maximum Gasteiger partial charge on any atom is 0.316 e. The van der Waals surface area contributed by atoms with E-state index in [1.807, 2.05) is 72.8 Å². The number of carboxylic acid groups (broad SMARTS) is 1. The van der Waals surface area contributed by atoms with Gasteiger partial charge < -0.3 is 19.6 Å². The summed E-state index contributed by atoms with van der Waals surface area (Å²) in [5, 5.41) is 9.62. The average Bonchev–Trinajstić information content (AvgIpc) is 2.94. The lowest BCUT2D eigenvalue weighted by Gasteiger charge is -2.40. The molecule has 0 aliphatic carbocycles. The SMILES string of the molecule is CCN(C(=O)C1CC(C)N(C(=O)c2ccc(OCCC(I)C(=O)O)cc2)c2ccccc21)c1ccc(Cl)cc1. The first-order valence-corrected chi connectivity index (χ1v) is 14.4. The quantitative estimate of drug-likeness (QED) is 0.207.